The van der Waals surface area contributed by atoms with Gasteiger partial charge in [0.15, 0.2) is 0 Å². The van der Waals surface area contributed by atoms with Crippen LogP contribution in [0.15, 0.2) is 96.1 Å². The van der Waals surface area contributed by atoms with Gasteiger partial charge in [0, 0.05) is 0 Å². The molecule has 2 aromatic carbocycles. The van der Waals surface area contributed by atoms with Crippen LogP contribution in [0.1, 0.15) is 50.7 Å². The Morgan fingerprint density at radius 1 is 0.833 bits per heavy atom. The Hall–Kier alpha value is -1.28. The van der Waals surface area contributed by atoms with Crippen molar-refractivity contribution >= 4 is 28.1 Å². The molecule has 0 radical (unpaired) electrons. The van der Waals surface area contributed by atoms with Crippen LogP contribution in [-0.2, 0) is 23.9 Å². The van der Waals surface area contributed by atoms with Gasteiger partial charge in [0.1, 0.15) is 0 Å². The Bertz CT molecular complexity index is 795. The van der Waals surface area contributed by atoms with E-state index in [9.17, 15) is 0 Å². The van der Waals surface area contributed by atoms with Crippen molar-refractivity contribution in [1.82, 2.24) is 0 Å². The number of benzene rings is 2. The maximum atomic E-state index is 3.23. The van der Waals surface area contributed by atoms with E-state index in [1.54, 1.807) is 5.57 Å². The summed E-state index contributed by atoms with van der Waals surface area (Å²) in [5, 5.41) is 0. The van der Waals surface area contributed by atoms with E-state index in [1.165, 1.54) is 32.8 Å². The summed E-state index contributed by atoms with van der Waals surface area (Å²) in [7, 11) is 0. The van der Waals surface area contributed by atoms with Gasteiger partial charge in [-0.2, -0.15) is 17.2 Å². The second-order valence-corrected chi connectivity index (χ2v) is 8.27. The molecule has 156 valence electrons. The molecule has 2 aliphatic carbocycles. The molecule has 0 bridgehead atoms. The topological polar surface area (TPSA) is 0 Å². The van der Waals surface area contributed by atoms with E-state index in [2.05, 4.69) is 98.8 Å². The van der Waals surface area contributed by atoms with Crippen molar-refractivity contribution in [2.24, 2.45) is 0 Å². The van der Waals surface area contributed by atoms with Crippen LogP contribution in [-0.4, -0.2) is 3.26 Å². The normalized spacial score (nSPS) is 12.8. The van der Waals surface area contributed by atoms with E-state index < -0.39 is 0 Å². The summed E-state index contributed by atoms with van der Waals surface area (Å²) in [6, 6.07) is 21.2. The van der Waals surface area contributed by atoms with Crippen molar-refractivity contribution in [2.75, 3.05) is 0 Å². The van der Waals surface area contributed by atoms with E-state index >= 15 is 0 Å². The summed E-state index contributed by atoms with van der Waals surface area (Å²) in [5.74, 6) is 0. The van der Waals surface area contributed by atoms with Gasteiger partial charge >= 0.3 is 98.9 Å². The van der Waals surface area contributed by atoms with Crippen LogP contribution in [0.3, 0.4) is 0 Å². The molecule has 4 rings (SSSR count). The molecule has 3 heteroatoms. The molecule has 0 amide bonds. The van der Waals surface area contributed by atoms with Crippen LogP contribution in [0.5, 0.6) is 0 Å². The minimum atomic E-state index is 0. The van der Waals surface area contributed by atoms with E-state index in [0.29, 0.717) is 0 Å². The summed E-state index contributed by atoms with van der Waals surface area (Å²) in [6.45, 7) is 4.42. The first kappa shape index (κ1) is 28.7. The summed E-state index contributed by atoms with van der Waals surface area (Å²) in [4.78, 5) is 0. The van der Waals surface area contributed by atoms with Crippen molar-refractivity contribution < 1.29 is 23.9 Å². The third-order valence-electron chi connectivity index (χ3n) is 4.56. The van der Waals surface area contributed by atoms with Gasteiger partial charge in [0.25, 0.3) is 0 Å². The van der Waals surface area contributed by atoms with Crippen LogP contribution in [0, 0.1) is 12.2 Å². The van der Waals surface area contributed by atoms with E-state index in [1.807, 2.05) is 12.2 Å². The summed E-state index contributed by atoms with van der Waals surface area (Å²) < 4.78 is 1.46. The van der Waals surface area contributed by atoms with Crippen molar-refractivity contribution in [3.63, 3.8) is 0 Å². The molecule has 0 spiro atoms. The van der Waals surface area contributed by atoms with Gasteiger partial charge in [-0.05, 0) is 0 Å². The van der Waals surface area contributed by atoms with Crippen LogP contribution in [0.4, 0.5) is 0 Å². The van der Waals surface area contributed by atoms with Crippen LogP contribution < -0.4 is 0 Å². The van der Waals surface area contributed by atoms with E-state index in [0.717, 1.165) is 36.7 Å². The van der Waals surface area contributed by atoms with Crippen molar-refractivity contribution in [1.29, 1.82) is 0 Å². The minimum absolute atomic E-state index is 0. The molecular formula is C27H30Cl2Hf. The van der Waals surface area contributed by atoms with Gasteiger partial charge in [0.05, 0.1) is 0 Å². The third kappa shape index (κ3) is 10.2. The number of hydrogen-bond acceptors (Lipinski definition) is 0. The zero-order valence-electron chi connectivity index (χ0n) is 17.7. The fourth-order valence-corrected chi connectivity index (χ4v) is 4.13. The van der Waals surface area contributed by atoms with Gasteiger partial charge in [0.2, 0.25) is 0 Å². The van der Waals surface area contributed by atoms with Gasteiger partial charge < -0.3 is 0 Å². The quantitative estimate of drug-likeness (QED) is 0.247. The second-order valence-electron chi connectivity index (χ2n) is 6.47. The molecular weight excluding hydrogens is 574 g/mol. The van der Waals surface area contributed by atoms with Crippen molar-refractivity contribution in [3.05, 3.63) is 119 Å². The summed E-state index contributed by atoms with van der Waals surface area (Å²) in [5.41, 5.74) is 5.80. The fraction of sp³-hybridized carbons (Fsp3) is 0.222. The zero-order chi connectivity index (χ0) is 20.0. The van der Waals surface area contributed by atoms with Gasteiger partial charge in [-0.3, -0.25) is 12.2 Å². The van der Waals surface area contributed by atoms with Gasteiger partial charge in [-0.1, -0.05) is 26.7 Å². The zero-order valence-corrected chi connectivity index (χ0v) is 23.0. The predicted molar refractivity (Wildman–Crippen MR) is 132 cm³/mol. The molecule has 0 saturated carbocycles. The first-order chi connectivity index (χ1) is 13.8. The molecule has 0 unspecified atom stereocenters. The van der Waals surface area contributed by atoms with E-state index in [4.69, 9.17) is 0 Å². The van der Waals surface area contributed by atoms with Crippen molar-refractivity contribution in [2.45, 2.75) is 39.5 Å². The molecule has 0 fully saturated rings. The molecule has 0 N–H and O–H groups in total. The number of allylic oxidation sites excluding steroid dienone is 8. The number of hydrogen-bond donors (Lipinski definition) is 0. The second kappa shape index (κ2) is 17.4. The first-order valence-electron chi connectivity index (χ1n) is 9.94. The number of rotatable bonds is 4. The third-order valence-corrected chi connectivity index (χ3v) is 6.64. The number of halogens is 2. The van der Waals surface area contributed by atoms with Crippen LogP contribution in [0.25, 0.3) is 0 Å². The molecule has 0 saturated heterocycles. The molecule has 2 aromatic rings. The molecule has 0 heterocycles. The summed E-state index contributed by atoms with van der Waals surface area (Å²) in [6.07, 6.45) is 18.8. The SMILES string of the molecule is CCC1=C(CC)C[C-]=C1.Cl.Cl.[C-]1=CC=CC1.[Hf+2]=[C](c1ccccc1)c1ccccc1. The van der Waals surface area contributed by atoms with Gasteiger partial charge in [-0.25, -0.2) is 18.2 Å². The van der Waals surface area contributed by atoms with Crippen molar-refractivity contribution in [3.8, 4) is 0 Å². The fourth-order valence-electron chi connectivity index (χ4n) is 2.93. The van der Waals surface area contributed by atoms with E-state index in [-0.39, 0.29) is 24.8 Å². The monoisotopic (exact) mass is 604 g/mol. The Morgan fingerprint density at radius 3 is 1.73 bits per heavy atom. The molecule has 2 aliphatic rings. The first-order valence-corrected chi connectivity index (χ1v) is 11.7. The molecule has 0 aliphatic heterocycles. The Morgan fingerprint density at radius 2 is 1.40 bits per heavy atom. The molecule has 30 heavy (non-hydrogen) atoms. The Labute approximate surface area is 209 Å². The Kier molecular flexibility index (Phi) is 16.7. The standard InChI is InChI=1S/C13H10.C9H13.C5H5.2ClH.Hf/c1-3-7-12(8-4-1)11-13-9-5-2-6-10-13;1-3-8-6-5-7-9(8)4-2;1-2-4-5-3-1;;;/h1-10H;6H,3-4,7H2,1-2H3;1-3H,4H2;2*1H;/q;2*-1;;;+2. The molecule has 0 atom stereocenters. The van der Waals surface area contributed by atoms with Gasteiger partial charge in [-0.15, -0.1) is 37.7 Å². The van der Waals surface area contributed by atoms with Crippen LogP contribution in [0.2, 0.25) is 0 Å². The Balaban J connectivity index is 0.000000454. The average molecular weight is 604 g/mol. The maximum absolute atomic E-state index is 3.23. The summed E-state index contributed by atoms with van der Waals surface area (Å²) >= 11 is 1.08. The molecule has 0 nitrogen and oxygen atoms in total. The molecule has 0 aromatic heterocycles. The van der Waals surface area contributed by atoms with Crippen LogP contribution >= 0.6 is 24.8 Å². The average Bonchev–Trinajstić information content (AvgIpc) is 3.49. The predicted octanol–water partition coefficient (Wildman–Crippen LogP) is 7.82.